The number of hydrogen-bond acceptors (Lipinski definition) is 13. The zero-order chi connectivity index (χ0) is 44.4. The predicted octanol–water partition coefficient (Wildman–Crippen LogP) is 7.33. The summed E-state index contributed by atoms with van der Waals surface area (Å²) in [4.78, 5) is 46.0. The van der Waals surface area contributed by atoms with Crippen LogP contribution in [0.15, 0.2) is 6.20 Å². The van der Waals surface area contributed by atoms with Crippen LogP contribution in [0.3, 0.4) is 0 Å². The van der Waals surface area contributed by atoms with Crippen molar-refractivity contribution in [1.82, 2.24) is 39.3 Å². The Morgan fingerprint density at radius 1 is 0.847 bits per heavy atom. The first-order chi connectivity index (χ1) is 27.1. The molecule has 2 fully saturated rings. The molecule has 328 valence electrons. The number of rotatable bonds is 9. The number of nitro groups is 1. The fraction of sp³-hybridized carbons (Fsp3) is 0.676. The van der Waals surface area contributed by atoms with Gasteiger partial charge in [-0.25, -0.2) is 24.2 Å². The maximum atomic E-state index is 12.9. The Hall–Kier alpha value is -5.08. The molecule has 0 radical (unpaired) electrons. The first kappa shape index (κ1) is 46.6. The monoisotopic (exact) mass is 858 g/mol. The van der Waals surface area contributed by atoms with Crippen molar-refractivity contribution in [2.24, 2.45) is 37.8 Å². The molecule has 59 heavy (non-hydrogen) atoms. The third-order valence-corrected chi connectivity index (χ3v) is 9.77. The summed E-state index contributed by atoms with van der Waals surface area (Å²) in [6.07, 6.45) is -4.74. The molecule has 22 heteroatoms. The van der Waals surface area contributed by atoms with Crippen molar-refractivity contribution < 1.29 is 46.6 Å². The topological polar surface area (TPSA) is 194 Å². The summed E-state index contributed by atoms with van der Waals surface area (Å²) in [6, 6.07) is 0. The molecule has 1 N–H and O–H groups in total. The van der Waals surface area contributed by atoms with E-state index in [0.717, 1.165) is 0 Å². The second kappa shape index (κ2) is 18.0. The standard InChI is InChI=1S/C21H28ClF3N6O3.C16H26N4O5/c1-11-8-31(19(32)34-20(3,4)5)9-13(11)10-33-15-12(2)29-30(6)17(15)28-18-26-7-14(16(22)27-18)21(23,24)25;1-10-7-19(15(21)25-16(3,4)5)8-12(10)9-24-13-11(2)17-18(6)14(13)20(22)23/h7,11,13H,8-10H2,1-6H3,(H,26,27,28);10,12H,7-9H2,1-6H3/t11-,13+;10-,12+/m11/s1. The van der Waals surface area contributed by atoms with Crippen molar-refractivity contribution >= 4 is 41.4 Å². The molecule has 3 aromatic rings. The van der Waals surface area contributed by atoms with E-state index in [9.17, 15) is 32.9 Å². The maximum absolute atomic E-state index is 12.9. The summed E-state index contributed by atoms with van der Waals surface area (Å²) in [5, 5.41) is 21.7. The number of alkyl halides is 3. The number of amides is 2. The van der Waals surface area contributed by atoms with Gasteiger partial charge in [-0.2, -0.15) is 18.3 Å². The Morgan fingerprint density at radius 3 is 1.75 bits per heavy atom. The van der Waals surface area contributed by atoms with Crippen LogP contribution in [-0.4, -0.2) is 107 Å². The van der Waals surface area contributed by atoms with Crippen LogP contribution in [0, 0.1) is 47.6 Å². The number of carbonyl (C=O) groups is 2. The van der Waals surface area contributed by atoms with Gasteiger partial charge in [0.15, 0.2) is 11.6 Å². The lowest BCUT2D eigenvalue weighted by atomic mass is 9.99. The second-order valence-corrected chi connectivity index (χ2v) is 17.3. The van der Waals surface area contributed by atoms with Crippen molar-refractivity contribution in [2.45, 2.75) is 86.6 Å². The van der Waals surface area contributed by atoms with Crippen LogP contribution in [0.5, 0.6) is 11.5 Å². The molecule has 2 aliphatic rings. The lowest BCUT2D eigenvalue weighted by Gasteiger charge is -2.24. The molecule has 0 saturated carbocycles. The average molecular weight is 859 g/mol. The zero-order valence-corrected chi connectivity index (χ0v) is 36.2. The van der Waals surface area contributed by atoms with E-state index in [1.807, 2.05) is 55.4 Å². The quantitative estimate of drug-likeness (QED) is 0.128. The number of carbonyl (C=O) groups excluding carboxylic acids is 2. The molecule has 2 amide bonds. The third-order valence-electron chi connectivity index (χ3n) is 9.48. The smallest absolute Gasteiger partial charge is 0.420 e. The van der Waals surface area contributed by atoms with Crippen LogP contribution in [0.2, 0.25) is 5.15 Å². The third kappa shape index (κ3) is 12.2. The van der Waals surface area contributed by atoms with E-state index in [1.165, 1.54) is 16.4 Å². The summed E-state index contributed by atoms with van der Waals surface area (Å²) in [5.41, 5.74) is -1.20. The van der Waals surface area contributed by atoms with Gasteiger partial charge in [0.1, 0.15) is 40.4 Å². The van der Waals surface area contributed by atoms with E-state index >= 15 is 0 Å². The number of likely N-dealkylation sites (tertiary alicyclic amines) is 2. The van der Waals surface area contributed by atoms with Gasteiger partial charge in [-0.3, -0.25) is 0 Å². The number of anilines is 2. The SMILES string of the molecule is Cc1nn(C)c(Nc2ncc(C(F)(F)F)c(Cl)n2)c1OC[C@@H]1CN(C(=O)OC(C)(C)C)C[C@H]1C.Cc1nn(C)c([N+](=O)[O-])c1OC[C@@H]1CN(C(=O)OC(C)(C)C)C[C@H]1C. The van der Waals surface area contributed by atoms with E-state index in [4.69, 9.17) is 30.5 Å². The molecule has 3 aromatic heterocycles. The molecule has 0 spiro atoms. The molecule has 0 aromatic carbocycles. The van der Waals surface area contributed by atoms with E-state index in [1.54, 1.807) is 30.7 Å². The number of aryl methyl sites for hydroxylation is 4. The highest BCUT2D eigenvalue weighted by Gasteiger charge is 2.38. The van der Waals surface area contributed by atoms with Gasteiger partial charge in [0.2, 0.25) is 11.7 Å². The Bertz CT molecular complexity index is 2000. The zero-order valence-electron chi connectivity index (χ0n) is 35.4. The van der Waals surface area contributed by atoms with Crippen molar-refractivity contribution in [2.75, 3.05) is 44.7 Å². The molecule has 2 saturated heterocycles. The molecule has 2 aliphatic heterocycles. The number of hydrogen-bond donors (Lipinski definition) is 1. The van der Waals surface area contributed by atoms with E-state index < -0.39 is 33.0 Å². The van der Waals surface area contributed by atoms with Crippen LogP contribution < -0.4 is 14.8 Å². The van der Waals surface area contributed by atoms with Gasteiger partial charge >= 0.3 is 24.2 Å². The van der Waals surface area contributed by atoms with E-state index in [-0.39, 0.29) is 60.0 Å². The molecular formula is C37H54ClF3N10O8. The number of aromatic nitrogens is 6. The van der Waals surface area contributed by atoms with Crippen LogP contribution in [0.1, 0.15) is 72.3 Å². The minimum Gasteiger partial charge on any atom is -0.487 e. The lowest BCUT2D eigenvalue weighted by Crippen LogP contribution is -2.35. The minimum atomic E-state index is -4.65. The Labute approximate surface area is 345 Å². The second-order valence-electron chi connectivity index (χ2n) is 16.9. The van der Waals surface area contributed by atoms with Gasteiger partial charge in [0.05, 0.1) is 13.2 Å². The number of halogens is 4. The summed E-state index contributed by atoms with van der Waals surface area (Å²) in [6.45, 7) is 21.1. The highest BCUT2D eigenvalue weighted by atomic mass is 35.5. The van der Waals surface area contributed by atoms with Gasteiger partial charge in [-0.1, -0.05) is 30.5 Å². The number of nitrogens with zero attached hydrogens (tertiary/aromatic N) is 9. The highest BCUT2D eigenvalue weighted by molar-refractivity contribution is 6.30. The Kier molecular flexibility index (Phi) is 14.3. The number of ether oxygens (including phenoxy) is 4. The largest absolute Gasteiger partial charge is 0.487 e. The van der Waals surface area contributed by atoms with Crippen molar-refractivity contribution in [3.05, 3.63) is 38.4 Å². The maximum Gasteiger partial charge on any atom is 0.420 e. The molecular weight excluding hydrogens is 805 g/mol. The van der Waals surface area contributed by atoms with Crippen molar-refractivity contribution in [3.8, 4) is 11.5 Å². The molecule has 0 bridgehead atoms. The van der Waals surface area contributed by atoms with Crippen LogP contribution in [-0.2, 0) is 29.7 Å². The summed E-state index contributed by atoms with van der Waals surface area (Å²) < 4.78 is 64.1. The normalized spacial score (nSPS) is 19.6. The Morgan fingerprint density at radius 2 is 1.31 bits per heavy atom. The lowest BCUT2D eigenvalue weighted by molar-refractivity contribution is -0.393. The predicted molar refractivity (Wildman–Crippen MR) is 210 cm³/mol. The van der Waals surface area contributed by atoms with Gasteiger partial charge in [0.25, 0.3) is 0 Å². The van der Waals surface area contributed by atoms with Gasteiger partial charge in [-0.05, 0) is 72.1 Å². The molecule has 5 rings (SSSR count). The minimum absolute atomic E-state index is 0.0525. The summed E-state index contributed by atoms with van der Waals surface area (Å²) in [5.74, 6) is 1.19. The van der Waals surface area contributed by atoms with Crippen molar-refractivity contribution in [1.29, 1.82) is 0 Å². The van der Waals surface area contributed by atoms with Crippen molar-refractivity contribution in [3.63, 3.8) is 0 Å². The summed E-state index contributed by atoms with van der Waals surface area (Å²) >= 11 is 5.70. The van der Waals surface area contributed by atoms with E-state index in [0.29, 0.717) is 61.9 Å². The van der Waals surface area contributed by atoms with E-state index in [2.05, 4.69) is 25.5 Å². The molecule has 0 unspecified atom stereocenters. The summed E-state index contributed by atoms with van der Waals surface area (Å²) in [7, 11) is 3.16. The van der Waals surface area contributed by atoms with Gasteiger partial charge < -0.3 is 44.2 Å². The first-order valence-electron chi connectivity index (χ1n) is 18.9. The van der Waals surface area contributed by atoms with Gasteiger partial charge in [-0.15, -0.1) is 4.68 Å². The molecule has 4 atom stereocenters. The first-order valence-corrected chi connectivity index (χ1v) is 19.3. The molecule has 0 aliphatic carbocycles. The fourth-order valence-electron chi connectivity index (χ4n) is 6.50. The van der Waals surface area contributed by atoms with Crippen LogP contribution in [0.4, 0.5) is 40.3 Å². The average Bonchev–Trinajstić information content (AvgIpc) is 3.80. The molecule has 5 heterocycles. The van der Waals surface area contributed by atoms with Gasteiger partial charge in [0, 0.05) is 51.3 Å². The molecule has 18 nitrogen and oxygen atoms in total. The Balaban J connectivity index is 0.000000273. The highest BCUT2D eigenvalue weighted by Crippen LogP contribution is 2.36. The number of nitrogens with one attached hydrogen (secondary N) is 1. The van der Waals surface area contributed by atoms with Crippen LogP contribution in [0.25, 0.3) is 0 Å². The van der Waals surface area contributed by atoms with Crippen LogP contribution >= 0.6 is 11.6 Å². The fourth-order valence-corrected chi connectivity index (χ4v) is 6.73.